The normalized spacial score (nSPS) is 11.7. The monoisotopic (exact) mass is 332 g/mol. The summed E-state index contributed by atoms with van der Waals surface area (Å²) in [5.41, 5.74) is 6.84. The molecule has 2 aromatic carbocycles. The Bertz CT molecular complexity index is 1070. The van der Waals surface area contributed by atoms with Crippen LogP contribution in [0.1, 0.15) is 31.2 Å². The van der Waals surface area contributed by atoms with E-state index >= 15 is 0 Å². The molecule has 0 unspecified atom stereocenters. The fourth-order valence-corrected chi connectivity index (χ4v) is 3.60. The van der Waals surface area contributed by atoms with Crippen LogP contribution in [-0.4, -0.2) is 19.1 Å². The number of para-hydroxylation sites is 2. The van der Waals surface area contributed by atoms with Crippen molar-refractivity contribution in [2.24, 2.45) is 14.1 Å². The highest BCUT2D eigenvalue weighted by Crippen LogP contribution is 2.29. The zero-order chi connectivity index (χ0) is 17.6. The molecule has 128 valence electrons. The molecule has 0 N–H and O–H groups in total. The number of fused-ring (bicyclic) bond motifs is 2. The molecule has 25 heavy (non-hydrogen) atoms. The molecule has 4 aromatic rings. The van der Waals surface area contributed by atoms with Gasteiger partial charge in [0.1, 0.15) is 11.6 Å². The Balaban J connectivity index is 1.90. The molecule has 4 nitrogen and oxygen atoms in total. The van der Waals surface area contributed by atoms with Crippen LogP contribution in [0, 0.1) is 6.92 Å². The second-order valence-electron chi connectivity index (χ2n) is 6.83. The fraction of sp³-hybridized carbons (Fsp3) is 0.333. The van der Waals surface area contributed by atoms with Crippen LogP contribution >= 0.6 is 0 Å². The first-order valence-electron chi connectivity index (χ1n) is 8.98. The van der Waals surface area contributed by atoms with Gasteiger partial charge in [0.2, 0.25) is 0 Å². The van der Waals surface area contributed by atoms with Crippen LogP contribution < -0.4 is 0 Å². The van der Waals surface area contributed by atoms with Crippen LogP contribution in [0.2, 0.25) is 0 Å². The molecule has 0 bridgehead atoms. The Morgan fingerprint density at radius 3 is 2.52 bits per heavy atom. The molecule has 0 aliphatic carbocycles. The molecule has 0 aliphatic rings. The number of unbranched alkanes of at least 4 members (excludes halogenated alkanes) is 1. The number of benzene rings is 2. The van der Waals surface area contributed by atoms with Crippen LogP contribution in [0.25, 0.3) is 33.5 Å². The molecular formula is C21H24N4. The van der Waals surface area contributed by atoms with Gasteiger partial charge in [0, 0.05) is 26.1 Å². The standard InChI is InChI=1S/C21H24N4/c1-5-6-11-19-23-20-14(2)12-15(13-18(20)24(19)3)21-22-16-9-7-8-10-17(16)25(21)4/h7-10,12-13H,5-6,11H2,1-4H3. The van der Waals surface area contributed by atoms with Crippen molar-refractivity contribution < 1.29 is 0 Å². The predicted molar refractivity (Wildman–Crippen MR) is 104 cm³/mol. The molecule has 0 saturated heterocycles. The lowest BCUT2D eigenvalue weighted by Gasteiger charge is -2.06. The van der Waals surface area contributed by atoms with Crippen molar-refractivity contribution in [3.8, 4) is 11.4 Å². The van der Waals surface area contributed by atoms with E-state index in [-0.39, 0.29) is 0 Å². The zero-order valence-corrected chi connectivity index (χ0v) is 15.4. The highest BCUT2D eigenvalue weighted by molar-refractivity contribution is 5.87. The molecule has 0 atom stereocenters. The van der Waals surface area contributed by atoms with Crippen LogP contribution in [0.3, 0.4) is 0 Å². The van der Waals surface area contributed by atoms with Gasteiger partial charge in [-0.3, -0.25) is 0 Å². The van der Waals surface area contributed by atoms with Crippen molar-refractivity contribution in [3.05, 3.63) is 47.8 Å². The molecular weight excluding hydrogens is 308 g/mol. The maximum atomic E-state index is 4.89. The van der Waals surface area contributed by atoms with Gasteiger partial charge >= 0.3 is 0 Å². The van der Waals surface area contributed by atoms with Crippen molar-refractivity contribution in [1.82, 2.24) is 19.1 Å². The zero-order valence-electron chi connectivity index (χ0n) is 15.4. The maximum Gasteiger partial charge on any atom is 0.140 e. The van der Waals surface area contributed by atoms with Gasteiger partial charge < -0.3 is 9.13 Å². The topological polar surface area (TPSA) is 35.6 Å². The molecule has 4 rings (SSSR count). The van der Waals surface area contributed by atoms with Crippen LogP contribution in [-0.2, 0) is 20.5 Å². The van der Waals surface area contributed by atoms with Gasteiger partial charge in [0.15, 0.2) is 0 Å². The highest BCUT2D eigenvalue weighted by Gasteiger charge is 2.15. The molecule has 0 fully saturated rings. The summed E-state index contributed by atoms with van der Waals surface area (Å²) in [4.78, 5) is 9.73. The minimum absolute atomic E-state index is 1.00. The number of hydrogen-bond donors (Lipinski definition) is 0. The van der Waals surface area contributed by atoms with Crippen LogP contribution in [0.15, 0.2) is 36.4 Å². The molecule has 0 aliphatic heterocycles. The Labute approximate surface area is 148 Å². The molecule has 2 heterocycles. The third-order valence-corrected chi connectivity index (χ3v) is 5.07. The summed E-state index contributed by atoms with van der Waals surface area (Å²) in [6.45, 7) is 4.36. The number of imidazole rings is 2. The van der Waals surface area contributed by atoms with E-state index in [0.29, 0.717) is 0 Å². The second kappa shape index (κ2) is 6.03. The third kappa shape index (κ3) is 2.53. The highest BCUT2D eigenvalue weighted by atomic mass is 15.1. The van der Waals surface area contributed by atoms with Gasteiger partial charge in [0.25, 0.3) is 0 Å². The van der Waals surface area contributed by atoms with E-state index in [1.165, 1.54) is 29.7 Å². The van der Waals surface area contributed by atoms with E-state index in [1.807, 2.05) is 6.07 Å². The summed E-state index contributed by atoms with van der Waals surface area (Å²) in [5, 5.41) is 0. The van der Waals surface area contributed by atoms with Crippen molar-refractivity contribution in [2.45, 2.75) is 33.1 Å². The molecule has 0 saturated carbocycles. The SMILES string of the molecule is CCCCc1nc2c(C)cc(-c3nc4ccccc4n3C)cc2n1C. The number of rotatable bonds is 4. The lowest BCUT2D eigenvalue weighted by atomic mass is 10.1. The van der Waals surface area contributed by atoms with E-state index in [1.54, 1.807) is 0 Å². The lowest BCUT2D eigenvalue weighted by molar-refractivity contribution is 0.720. The summed E-state index contributed by atoms with van der Waals surface area (Å²) < 4.78 is 4.41. The minimum Gasteiger partial charge on any atom is -0.331 e. The first-order valence-corrected chi connectivity index (χ1v) is 8.98. The molecule has 2 aromatic heterocycles. The summed E-state index contributed by atoms with van der Waals surface area (Å²) in [6, 6.07) is 12.7. The summed E-state index contributed by atoms with van der Waals surface area (Å²) in [5.74, 6) is 2.17. The summed E-state index contributed by atoms with van der Waals surface area (Å²) >= 11 is 0. The van der Waals surface area contributed by atoms with Crippen LogP contribution in [0.4, 0.5) is 0 Å². The van der Waals surface area contributed by atoms with Crippen molar-refractivity contribution in [1.29, 1.82) is 0 Å². The van der Waals surface area contributed by atoms with Crippen molar-refractivity contribution in [2.75, 3.05) is 0 Å². The number of hydrogen-bond acceptors (Lipinski definition) is 2. The van der Waals surface area contributed by atoms with Gasteiger partial charge in [-0.15, -0.1) is 0 Å². The lowest BCUT2D eigenvalue weighted by Crippen LogP contribution is -1.98. The Morgan fingerprint density at radius 2 is 1.76 bits per heavy atom. The molecule has 4 heteroatoms. The predicted octanol–water partition coefficient (Wildman–Crippen LogP) is 4.78. The Morgan fingerprint density at radius 1 is 0.960 bits per heavy atom. The van der Waals surface area contributed by atoms with Crippen molar-refractivity contribution in [3.63, 3.8) is 0 Å². The number of aryl methyl sites for hydroxylation is 4. The van der Waals surface area contributed by atoms with Gasteiger partial charge in [-0.2, -0.15) is 0 Å². The van der Waals surface area contributed by atoms with E-state index in [2.05, 4.69) is 67.4 Å². The number of nitrogens with zero attached hydrogens (tertiary/aromatic N) is 4. The Kier molecular flexibility index (Phi) is 3.83. The average Bonchev–Trinajstić information content (AvgIpc) is 3.12. The maximum absolute atomic E-state index is 4.89. The van der Waals surface area contributed by atoms with Gasteiger partial charge in [-0.05, 0) is 43.2 Å². The average molecular weight is 332 g/mol. The van der Waals surface area contributed by atoms with E-state index in [0.717, 1.165) is 34.4 Å². The fourth-order valence-electron chi connectivity index (χ4n) is 3.60. The van der Waals surface area contributed by atoms with Gasteiger partial charge in [-0.25, -0.2) is 9.97 Å². The number of aromatic nitrogens is 4. The quantitative estimate of drug-likeness (QED) is 0.539. The molecule has 0 radical (unpaired) electrons. The van der Waals surface area contributed by atoms with Crippen molar-refractivity contribution >= 4 is 22.1 Å². The first kappa shape index (κ1) is 15.9. The summed E-state index contributed by atoms with van der Waals surface area (Å²) in [7, 11) is 4.21. The molecule has 0 amide bonds. The second-order valence-corrected chi connectivity index (χ2v) is 6.83. The van der Waals surface area contributed by atoms with E-state index in [9.17, 15) is 0 Å². The largest absolute Gasteiger partial charge is 0.331 e. The smallest absolute Gasteiger partial charge is 0.140 e. The van der Waals surface area contributed by atoms with Gasteiger partial charge in [0.05, 0.1) is 22.1 Å². The van der Waals surface area contributed by atoms with Gasteiger partial charge in [-0.1, -0.05) is 25.5 Å². The Hall–Kier alpha value is -2.62. The summed E-state index contributed by atoms with van der Waals surface area (Å²) in [6.07, 6.45) is 3.39. The first-order chi connectivity index (χ1) is 12.1. The van der Waals surface area contributed by atoms with E-state index < -0.39 is 0 Å². The molecule has 0 spiro atoms. The minimum atomic E-state index is 1.00. The van der Waals surface area contributed by atoms with E-state index in [4.69, 9.17) is 9.97 Å². The third-order valence-electron chi connectivity index (χ3n) is 5.07. The van der Waals surface area contributed by atoms with Crippen LogP contribution in [0.5, 0.6) is 0 Å².